The van der Waals surface area contributed by atoms with Crippen molar-refractivity contribution in [1.29, 1.82) is 0 Å². The van der Waals surface area contributed by atoms with Crippen molar-refractivity contribution in [2.45, 2.75) is 13.3 Å². The highest BCUT2D eigenvalue weighted by molar-refractivity contribution is 5.98. The van der Waals surface area contributed by atoms with Crippen molar-refractivity contribution in [2.75, 3.05) is 18.8 Å². The third-order valence-corrected chi connectivity index (χ3v) is 2.04. The van der Waals surface area contributed by atoms with Crippen molar-refractivity contribution < 1.29 is 9.59 Å². The predicted octanol–water partition coefficient (Wildman–Crippen LogP) is -0.0802. The second-order valence-electron chi connectivity index (χ2n) is 3.47. The van der Waals surface area contributed by atoms with Gasteiger partial charge in [0.25, 0.3) is 5.91 Å². The first-order valence-corrected chi connectivity index (χ1v) is 5.40. The molecule has 0 aliphatic rings. The SMILES string of the molecule is CCCNC(=O)CNC(=O)c1ncccc1N. The maximum absolute atomic E-state index is 11.6. The zero-order valence-corrected chi connectivity index (χ0v) is 9.69. The molecule has 0 saturated carbocycles. The summed E-state index contributed by atoms with van der Waals surface area (Å²) in [5, 5.41) is 5.10. The molecule has 0 saturated heterocycles. The summed E-state index contributed by atoms with van der Waals surface area (Å²) >= 11 is 0. The van der Waals surface area contributed by atoms with Crippen LogP contribution in [-0.2, 0) is 4.79 Å². The van der Waals surface area contributed by atoms with Gasteiger partial charge in [0.2, 0.25) is 5.91 Å². The topological polar surface area (TPSA) is 97.1 Å². The number of hydrogen-bond donors (Lipinski definition) is 3. The standard InChI is InChI=1S/C11H16N4O2/c1-2-5-13-9(16)7-15-11(17)10-8(12)4-3-6-14-10/h3-4,6H,2,5,7,12H2,1H3,(H,13,16)(H,15,17). The van der Waals surface area contributed by atoms with Gasteiger partial charge in [-0.25, -0.2) is 4.98 Å². The zero-order chi connectivity index (χ0) is 12.7. The van der Waals surface area contributed by atoms with Crippen molar-refractivity contribution in [3.8, 4) is 0 Å². The fourth-order valence-corrected chi connectivity index (χ4v) is 1.18. The van der Waals surface area contributed by atoms with E-state index < -0.39 is 5.91 Å². The van der Waals surface area contributed by atoms with Crippen LogP contribution in [0.1, 0.15) is 23.8 Å². The maximum Gasteiger partial charge on any atom is 0.272 e. The van der Waals surface area contributed by atoms with Crippen molar-refractivity contribution in [3.05, 3.63) is 24.0 Å². The van der Waals surface area contributed by atoms with Gasteiger partial charge in [-0.15, -0.1) is 0 Å². The van der Waals surface area contributed by atoms with E-state index in [4.69, 9.17) is 5.73 Å². The van der Waals surface area contributed by atoms with E-state index in [0.29, 0.717) is 12.2 Å². The summed E-state index contributed by atoms with van der Waals surface area (Å²) in [6, 6.07) is 3.22. The lowest BCUT2D eigenvalue weighted by atomic mass is 10.3. The molecule has 92 valence electrons. The molecule has 0 aliphatic carbocycles. The highest BCUT2D eigenvalue weighted by Crippen LogP contribution is 2.05. The fraction of sp³-hybridized carbons (Fsp3) is 0.364. The number of nitrogens with zero attached hydrogens (tertiary/aromatic N) is 1. The molecule has 2 amide bonds. The maximum atomic E-state index is 11.6. The summed E-state index contributed by atoms with van der Waals surface area (Å²) in [5.74, 6) is -0.676. The van der Waals surface area contributed by atoms with Gasteiger partial charge in [0.05, 0.1) is 12.2 Å². The molecule has 0 aromatic carbocycles. The molecule has 0 fully saturated rings. The Labute approximate surface area is 99.6 Å². The van der Waals surface area contributed by atoms with E-state index in [9.17, 15) is 9.59 Å². The molecule has 0 bridgehead atoms. The second-order valence-corrected chi connectivity index (χ2v) is 3.47. The summed E-state index contributed by atoms with van der Waals surface area (Å²) in [4.78, 5) is 26.7. The van der Waals surface area contributed by atoms with Crippen molar-refractivity contribution in [3.63, 3.8) is 0 Å². The molecule has 4 N–H and O–H groups in total. The summed E-state index contributed by atoms with van der Waals surface area (Å²) in [6.07, 6.45) is 2.33. The van der Waals surface area contributed by atoms with E-state index in [1.54, 1.807) is 12.1 Å². The largest absolute Gasteiger partial charge is 0.397 e. The second kappa shape index (κ2) is 6.47. The summed E-state index contributed by atoms with van der Waals surface area (Å²) in [5.41, 5.74) is 6.01. The lowest BCUT2D eigenvalue weighted by Crippen LogP contribution is -2.37. The molecule has 6 heteroatoms. The Morgan fingerprint density at radius 2 is 2.18 bits per heavy atom. The van der Waals surface area contributed by atoms with E-state index >= 15 is 0 Å². The van der Waals surface area contributed by atoms with Gasteiger partial charge >= 0.3 is 0 Å². The van der Waals surface area contributed by atoms with Crippen LogP contribution in [-0.4, -0.2) is 29.9 Å². The molecule has 0 radical (unpaired) electrons. The highest BCUT2D eigenvalue weighted by Gasteiger charge is 2.11. The van der Waals surface area contributed by atoms with Gasteiger partial charge in [-0.3, -0.25) is 9.59 Å². The molecule has 1 heterocycles. The van der Waals surface area contributed by atoms with Crippen LogP contribution in [0.25, 0.3) is 0 Å². The van der Waals surface area contributed by atoms with Crippen LogP contribution in [0.3, 0.4) is 0 Å². The lowest BCUT2D eigenvalue weighted by Gasteiger charge is -2.06. The van der Waals surface area contributed by atoms with Gasteiger partial charge < -0.3 is 16.4 Å². The average molecular weight is 236 g/mol. The van der Waals surface area contributed by atoms with Crippen LogP contribution in [0.5, 0.6) is 0 Å². The number of carbonyl (C=O) groups excluding carboxylic acids is 2. The van der Waals surface area contributed by atoms with Gasteiger partial charge in [0.1, 0.15) is 0 Å². The van der Waals surface area contributed by atoms with Gasteiger partial charge in [-0.2, -0.15) is 0 Å². The van der Waals surface area contributed by atoms with E-state index in [1.165, 1.54) is 6.20 Å². The molecule has 0 atom stereocenters. The summed E-state index contributed by atoms with van der Waals surface area (Å²) in [7, 11) is 0. The van der Waals surface area contributed by atoms with Crippen LogP contribution in [0.2, 0.25) is 0 Å². The molecule has 17 heavy (non-hydrogen) atoms. The number of nitrogen functional groups attached to an aromatic ring is 1. The zero-order valence-electron chi connectivity index (χ0n) is 9.69. The monoisotopic (exact) mass is 236 g/mol. The number of amides is 2. The van der Waals surface area contributed by atoms with Gasteiger partial charge in [-0.1, -0.05) is 6.92 Å². The Kier molecular flexibility index (Phi) is 4.93. The summed E-state index contributed by atoms with van der Waals surface area (Å²) in [6.45, 7) is 2.47. The Hall–Kier alpha value is -2.11. The number of carbonyl (C=O) groups is 2. The van der Waals surface area contributed by atoms with Gasteiger partial charge in [0, 0.05) is 12.7 Å². The van der Waals surface area contributed by atoms with E-state index in [0.717, 1.165) is 6.42 Å². The molecule has 1 aromatic rings. The quantitative estimate of drug-likeness (QED) is 0.666. The first kappa shape index (κ1) is 13.0. The summed E-state index contributed by atoms with van der Waals surface area (Å²) < 4.78 is 0. The van der Waals surface area contributed by atoms with E-state index in [2.05, 4.69) is 15.6 Å². The Morgan fingerprint density at radius 1 is 1.41 bits per heavy atom. The Morgan fingerprint density at radius 3 is 2.82 bits per heavy atom. The van der Waals surface area contributed by atoms with Gasteiger partial charge in [0.15, 0.2) is 5.69 Å². The fourth-order valence-electron chi connectivity index (χ4n) is 1.18. The molecule has 1 rings (SSSR count). The van der Waals surface area contributed by atoms with Crippen LogP contribution in [0.4, 0.5) is 5.69 Å². The number of nitrogens with two attached hydrogens (primary N) is 1. The van der Waals surface area contributed by atoms with Crippen molar-refractivity contribution >= 4 is 17.5 Å². The third-order valence-electron chi connectivity index (χ3n) is 2.04. The van der Waals surface area contributed by atoms with Crippen molar-refractivity contribution in [2.24, 2.45) is 0 Å². The average Bonchev–Trinajstić information content (AvgIpc) is 2.34. The number of nitrogens with one attached hydrogen (secondary N) is 2. The van der Waals surface area contributed by atoms with Gasteiger partial charge in [-0.05, 0) is 18.6 Å². The molecular weight excluding hydrogens is 220 g/mol. The number of aromatic nitrogens is 1. The normalized spacial score (nSPS) is 9.71. The van der Waals surface area contributed by atoms with Crippen LogP contribution in [0.15, 0.2) is 18.3 Å². The minimum atomic E-state index is -0.449. The predicted molar refractivity (Wildman–Crippen MR) is 64.3 cm³/mol. The van der Waals surface area contributed by atoms with Crippen LogP contribution in [0, 0.1) is 0 Å². The Bertz CT molecular complexity index is 406. The molecule has 1 aromatic heterocycles. The molecule has 0 spiro atoms. The van der Waals surface area contributed by atoms with E-state index in [-0.39, 0.29) is 18.1 Å². The molecule has 0 aliphatic heterocycles. The van der Waals surface area contributed by atoms with E-state index in [1.807, 2.05) is 6.92 Å². The first-order chi connectivity index (χ1) is 8.15. The van der Waals surface area contributed by atoms with Crippen molar-refractivity contribution in [1.82, 2.24) is 15.6 Å². The number of rotatable bonds is 5. The number of anilines is 1. The smallest absolute Gasteiger partial charge is 0.272 e. The third kappa shape index (κ3) is 4.10. The number of hydrogen-bond acceptors (Lipinski definition) is 4. The lowest BCUT2D eigenvalue weighted by molar-refractivity contribution is -0.120. The minimum absolute atomic E-state index is 0.0746. The molecule has 0 unspecified atom stereocenters. The first-order valence-electron chi connectivity index (χ1n) is 5.40. The number of pyridine rings is 1. The molecule has 6 nitrogen and oxygen atoms in total. The van der Waals surface area contributed by atoms with Crippen LogP contribution < -0.4 is 16.4 Å². The molecular formula is C11H16N4O2. The minimum Gasteiger partial charge on any atom is -0.397 e. The van der Waals surface area contributed by atoms with Crippen LogP contribution >= 0.6 is 0 Å². The highest BCUT2D eigenvalue weighted by atomic mass is 16.2. The Balaban J connectivity index is 2.45.